The average molecular weight is 513 g/mol. The molecule has 0 unspecified atom stereocenters. The van der Waals surface area contributed by atoms with E-state index in [1.807, 2.05) is 51.8 Å². The molecule has 1 atom stereocenters. The molecule has 0 saturated heterocycles. The number of methoxy groups -OCH3 is 1. The molecule has 1 heterocycles. The molecule has 1 aliphatic rings. The molecule has 2 rings (SSSR count). The Kier molecular flexibility index (Phi) is 10.1. The molecule has 7 nitrogen and oxygen atoms in total. The second-order valence-corrected chi connectivity index (χ2v) is 10.7. The molecule has 1 aliphatic heterocycles. The first-order chi connectivity index (χ1) is 17.3. The van der Waals surface area contributed by atoms with Gasteiger partial charge in [0.1, 0.15) is 23.3 Å². The number of esters is 1. The van der Waals surface area contributed by atoms with Crippen LogP contribution in [0.25, 0.3) is 0 Å². The number of carbonyl (C=O) groups is 3. The van der Waals surface area contributed by atoms with E-state index in [2.05, 4.69) is 37.4 Å². The van der Waals surface area contributed by atoms with Crippen molar-refractivity contribution in [1.29, 1.82) is 0 Å². The minimum absolute atomic E-state index is 0.180. The number of nitrogens with zero attached hydrogens (tertiary/aromatic N) is 1. The molecule has 0 saturated carbocycles. The summed E-state index contributed by atoms with van der Waals surface area (Å²) in [6.07, 6.45) is 6.73. The molecule has 1 aromatic rings. The van der Waals surface area contributed by atoms with Crippen LogP contribution in [-0.4, -0.2) is 49.4 Å². The maximum absolute atomic E-state index is 13.0. The van der Waals surface area contributed by atoms with Gasteiger partial charge in [0.05, 0.1) is 13.7 Å². The van der Waals surface area contributed by atoms with E-state index in [1.54, 1.807) is 6.92 Å². The molecule has 0 aliphatic carbocycles. The molecule has 37 heavy (non-hydrogen) atoms. The molecule has 1 amide bonds. The smallest absolute Gasteiger partial charge is 0.328 e. The summed E-state index contributed by atoms with van der Waals surface area (Å²) in [6.45, 7) is 14.1. The van der Waals surface area contributed by atoms with E-state index >= 15 is 0 Å². The quantitative estimate of drug-likeness (QED) is 0.409. The first-order valence-electron chi connectivity index (χ1n) is 13.1. The fourth-order valence-electron chi connectivity index (χ4n) is 4.86. The van der Waals surface area contributed by atoms with Gasteiger partial charge in [-0.05, 0) is 50.3 Å². The highest BCUT2D eigenvalue weighted by Crippen LogP contribution is 2.43. The number of carbonyl (C=O) groups excluding carboxylic acids is 3. The fraction of sp³-hybridized carbons (Fsp3) is 0.567. The Morgan fingerprint density at radius 1 is 1.11 bits per heavy atom. The molecular weight excluding hydrogens is 468 g/mol. The number of amides is 1. The number of aryl methyl sites for hydroxylation is 1. The number of hydrogen-bond acceptors (Lipinski definition) is 6. The zero-order chi connectivity index (χ0) is 28.0. The van der Waals surface area contributed by atoms with Crippen LogP contribution in [0.15, 0.2) is 41.7 Å². The van der Waals surface area contributed by atoms with E-state index in [9.17, 15) is 14.4 Å². The Labute approximate surface area is 222 Å². The number of nitrogens with one attached hydrogen (secondary N) is 1. The lowest BCUT2D eigenvalue weighted by atomic mass is 9.71. The second-order valence-electron chi connectivity index (χ2n) is 10.7. The molecule has 204 valence electrons. The van der Waals surface area contributed by atoms with Gasteiger partial charge in [-0.3, -0.25) is 9.59 Å². The highest BCUT2D eigenvalue weighted by molar-refractivity contribution is 5.96. The van der Waals surface area contributed by atoms with Gasteiger partial charge >= 0.3 is 5.97 Å². The summed E-state index contributed by atoms with van der Waals surface area (Å²) in [4.78, 5) is 39.0. The van der Waals surface area contributed by atoms with Crippen molar-refractivity contribution in [2.45, 2.75) is 85.6 Å². The molecular formula is C30H44N2O5. The van der Waals surface area contributed by atoms with Crippen LogP contribution in [0.3, 0.4) is 0 Å². The number of ether oxygens (including phenoxy) is 2. The lowest BCUT2D eigenvalue weighted by Gasteiger charge is -2.42. The van der Waals surface area contributed by atoms with Crippen LogP contribution in [0.5, 0.6) is 5.75 Å². The normalized spacial score (nSPS) is 14.9. The fourth-order valence-corrected chi connectivity index (χ4v) is 4.86. The van der Waals surface area contributed by atoms with Gasteiger partial charge in [-0.1, -0.05) is 58.9 Å². The van der Waals surface area contributed by atoms with Gasteiger partial charge in [0.2, 0.25) is 0 Å². The summed E-state index contributed by atoms with van der Waals surface area (Å²) in [5.41, 5.74) is 3.04. The number of likely N-dealkylation sites (N-methyl/N-ethyl adjacent to an activating group) is 1. The number of benzene rings is 1. The number of allylic oxidation sites excluding steroid dienone is 3. The van der Waals surface area contributed by atoms with Gasteiger partial charge in [0.25, 0.3) is 5.91 Å². The van der Waals surface area contributed by atoms with Crippen molar-refractivity contribution >= 4 is 17.7 Å². The van der Waals surface area contributed by atoms with Gasteiger partial charge in [-0.25, -0.2) is 4.79 Å². The van der Waals surface area contributed by atoms with Crippen molar-refractivity contribution < 1.29 is 23.9 Å². The average Bonchev–Trinajstić information content (AvgIpc) is 2.85. The molecule has 0 radical (unpaired) electrons. The van der Waals surface area contributed by atoms with E-state index in [0.717, 1.165) is 35.4 Å². The second kappa shape index (κ2) is 12.4. The largest absolute Gasteiger partial charge is 0.493 e. The molecule has 1 aromatic carbocycles. The van der Waals surface area contributed by atoms with E-state index in [1.165, 1.54) is 7.11 Å². The maximum atomic E-state index is 13.0. The zero-order valence-electron chi connectivity index (χ0n) is 24.0. The van der Waals surface area contributed by atoms with E-state index < -0.39 is 12.0 Å². The Morgan fingerprint density at radius 3 is 2.30 bits per heavy atom. The van der Waals surface area contributed by atoms with Crippen molar-refractivity contribution in [3.8, 4) is 5.75 Å². The number of ketones is 1. The van der Waals surface area contributed by atoms with Gasteiger partial charge in [0.15, 0.2) is 0 Å². The summed E-state index contributed by atoms with van der Waals surface area (Å²) in [5, 5.41) is 2.74. The van der Waals surface area contributed by atoms with Gasteiger partial charge < -0.3 is 19.7 Å². The minimum Gasteiger partial charge on any atom is -0.493 e. The Morgan fingerprint density at radius 2 is 1.76 bits per heavy atom. The van der Waals surface area contributed by atoms with Crippen molar-refractivity contribution in [1.82, 2.24) is 10.2 Å². The first-order valence-corrected chi connectivity index (χ1v) is 13.1. The third-order valence-electron chi connectivity index (χ3n) is 7.33. The van der Waals surface area contributed by atoms with Gasteiger partial charge in [0, 0.05) is 30.0 Å². The highest BCUT2D eigenvalue weighted by Gasteiger charge is 2.38. The van der Waals surface area contributed by atoms with Gasteiger partial charge in [-0.2, -0.15) is 0 Å². The lowest BCUT2D eigenvalue weighted by Crippen LogP contribution is -2.45. The molecule has 7 heteroatoms. The predicted molar refractivity (Wildman–Crippen MR) is 146 cm³/mol. The SMILES string of the molecule is CCC(CC)(C1=CCC=C(C(=O)N[C@H](C)C(=O)OC)N1C)c1ccc(OCCC(=O)C(C)(C)C)c(C)c1. The summed E-state index contributed by atoms with van der Waals surface area (Å²) in [5.74, 6) is 0.158. The Balaban J connectivity index is 2.27. The van der Waals surface area contributed by atoms with E-state index in [4.69, 9.17) is 9.47 Å². The van der Waals surface area contributed by atoms with Gasteiger partial charge in [-0.15, -0.1) is 0 Å². The predicted octanol–water partition coefficient (Wildman–Crippen LogP) is 5.22. The summed E-state index contributed by atoms with van der Waals surface area (Å²) in [7, 11) is 3.20. The van der Waals surface area contributed by atoms with Crippen LogP contribution >= 0.6 is 0 Å². The summed E-state index contributed by atoms with van der Waals surface area (Å²) < 4.78 is 10.7. The Hall–Kier alpha value is -3.09. The number of Topliss-reactive ketones (excluding diaryl/α,β-unsaturated/α-hetero) is 1. The maximum Gasteiger partial charge on any atom is 0.328 e. The van der Waals surface area contributed by atoms with Crippen molar-refractivity contribution in [3.05, 3.63) is 52.9 Å². The summed E-state index contributed by atoms with van der Waals surface area (Å²) >= 11 is 0. The minimum atomic E-state index is -0.739. The third-order valence-corrected chi connectivity index (χ3v) is 7.33. The van der Waals surface area contributed by atoms with Crippen molar-refractivity contribution in [2.75, 3.05) is 20.8 Å². The first kappa shape index (κ1) is 30.1. The number of hydrogen-bond donors (Lipinski definition) is 1. The Bertz CT molecular complexity index is 1060. The monoisotopic (exact) mass is 512 g/mol. The van der Waals surface area contributed by atoms with Crippen LogP contribution in [0.1, 0.15) is 78.4 Å². The van der Waals surface area contributed by atoms with Crippen LogP contribution in [-0.2, 0) is 24.5 Å². The molecule has 1 N–H and O–H groups in total. The molecule has 0 aromatic heterocycles. The van der Waals surface area contributed by atoms with E-state index in [-0.39, 0.29) is 22.5 Å². The van der Waals surface area contributed by atoms with Crippen molar-refractivity contribution in [3.63, 3.8) is 0 Å². The van der Waals surface area contributed by atoms with Crippen LogP contribution in [0, 0.1) is 12.3 Å². The lowest BCUT2D eigenvalue weighted by molar-refractivity contribution is -0.144. The molecule has 0 fully saturated rings. The standard InChI is InChI=1S/C30H44N2O5/c1-10-30(11-2,22-15-16-24(20(3)19-22)37-18-17-26(33)29(5,6)7)25-14-12-13-23(32(25)8)27(34)31-21(4)28(35)36-9/h13-16,19,21H,10-12,17-18H2,1-9H3,(H,31,34)/t21-/m1/s1. The molecule has 0 spiro atoms. The highest BCUT2D eigenvalue weighted by atomic mass is 16.5. The van der Waals surface area contributed by atoms with Crippen LogP contribution in [0.4, 0.5) is 0 Å². The molecule has 0 bridgehead atoms. The van der Waals surface area contributed by atoms with Crippen LogP contribution < -0.4 is 10.1 Å². The third kappa shape index (κ3) is 6.82. The summed E-state index contributed by atoms with van der Waals surface area (Å²) in [6, 6.07) is 5.49. The van der Waals surface area contributed by atoms with E-state index in [0.29, 0.717) is 25.1 Å². The topological polar surface area (TPSA) is 84.9 Å². The van der Waals surface area contributed by atoms with Crippen LogP contribution in [0.2, 0.25) is 0 Å². The van der Waals surface area contributed by atoms with Crippen molar-refractivity contribution in [2.24, 2.45) is 5.41 Å². The number of rotatable bonds is 11. The zero-order valence-corrected chi connectivity index (χ0v) is 24.0.